The average molecular weight is 185 g/mol. The molecule has 1 aliphatic rings. The van der Waals surface area contributed by atoms with Gasteiger partial charge in [0.25, 0.3) is 0 Å². The largest absolute Gasteiger partial charge is 0.381 e. The summed E-state index contributed by atoms with van der Waals surface area (Å²) in [7, 11) is 1.85. The number of hydrogen-bond donors (Lipinski definition) is 0. The zero-order chi connectivity index (χ0) is 9.84. The molecule has 0 radical (unpaired) electrons. The summed E-state index contributed by atoms with van der Waals surface area (Å²) in [5.41, 5.74) is 0. The third-order valence-electron chi connectivity index (χ3n) is 3.28. The lowest BCUT2D eigenvalue weighted by molar-refractivity contribution is -0.0223. The van der Waals surface area contributed by atoms with E-state index in [9.17, 15) is 0 Å². The van der Waals surface area contributed by atoms with Gasteiger partial charge in [-0.1, -0.05) is 20.8 Å². The zero-order valence-corrected chi connectivity index (χ0v) is 9.42. The summed E-state index contributed by atoms with van der Waals surface area (Å²) in [4.78, 5) is 2.53. The van der Waals surface area contributed by atoms with Crippen molar-refractivity contribution in [3.05, 3.63) is 0 Å². The van der Waals surface area contributed by atoms with Crippen LogP contribution in [0.4, 0.5) is 0 Å². The Kier molecular flexibility index (Phi) is 4.20. The molecule has 13 heavy (non-hydrogen) atoms. The molecule has 0 aromatic carbocycles. The molecule has 0 amide bonds. The van der Waals surface area contributed by atoms with Crippen LogP contribution in [0, 0.1) is 11.8 Å². The molecule has 1 aliphatic heterocycles. The van der Waals surface area contributed by atoms with Gasteiger partial charge in [0.2, 0.25) is 0 Å². The first kappa shape index (κ1) is 11.0. The number of methoxy groups -OCH3 is 1. The van der Waals surface area contributed by atoms with Crippen LogP contribution in [-0.4, -0.2) is 37.7 Å². The summed E-state index contributed by atoms with van der Waals surface area (Å²) in [6.45, 7) is 10.4. The quantitative estimate of drug-likeness (QED) is 0.667. The van der Waals surface area contributed by atoms with Crippen LogP contribution < -0.4 is 0 Å². The predicted octanol–water partition coefficient (Wildman–Crippen LogP) is 2.00. The molecule has 0 aliphatic carbocycles. The number of nitrogens with zero attached hydrogens (tertiary/aromatic N) is 1. The second-order valence-corrected chi connectivity index (χ2v) is 4.36. The van der Waals surface area contributed by atoms with Gasteiger partial charge in [-0.05, 0) is 18.9 Å². The van der Waals surface area contributed by atoms with Gasteiger partial charge in [0, 0.05) is 26.1 Å². The first-order chi connectivity index (χ1) is 6.19. The Morgan fingerprint density at radius 1 is 1.46 bits per heavy atom. The number of piperidine rings is 1. The van der Waals surface area contributed by atoms with Crippen LogP contribution in [0.5, 0.6) is 0 Å². The summed E-state index contributed by atoms with van der Waals surface area (Å²) in [6.07, 6.45) is 1.69. The molecule has 1 heterocycles. The van der Waals surface area contributed by atoms with Crippen molar-refractivity contribution >= 4 is 0 Å². The van der Waals surface area contributed by atoms with Crippen molar-refractivity contribution in [1.29, 1.82) is 0 Å². The summed E-state index contributed by atoms with van der Waals surface area (Å²) in [6, 6.07) is 0. The van der Waals surface area contributed by atoms with Crippen molar-refractivity contribution in [2.75, 3.05) is 26.7 Å². The molecule has 1 fully saturated rings. The highest BCUT2D eigenvalue weighted by Crippen LogP contribution is 2.25. The lowest BCUT2D eigenvalue weighted by Crippen LogP contribution is -2.45. The molecule has 78 valence electrons. The zero-order valence-electron chi connectivity index (χ0n) is 9.42. The van der Waals surface area contributed by atoms with Gasteiger partial charge in [-0.2, -0.15) is 0 Å². The summed E-state index contributed by atoms with van der Waals surface area (Å²) >= 11 is 0. The van der Waals surface area contributed by atoms with Crippen LogP contribution in [0.1, 0.15) is 27.2 Å². The highest BCUT2D eigenvalue weighted by Gasteiger charge is 2.30. The van der Waals surface area contributed by atoms with Crippen molar-refractivity contribution in [3.8, 4) is 0 Å². The topological polar surface area (TPSA) is 12.5 Å². The molecule has 1 saturated heterocycles. The van der Waals surface area contributed by atoms with Crippen LogP contribution in [0.15, 0.2) is 0 Å². The van der Waals surface area contributed by atoms with Crippen LogP contribution in [0.3, 0.4) is 0 Å². The first-order valence-corrected chi connectivity index (χ1v) is 5.44. The maximum absolute atomic E-state index is 5.53. The normalized spacial score (nSPS) is 31.2. The van der Waals surface area contributed by atoms with E-state index in [1.807, 2.05) is 7.11 Å². The molecule has 2 nitrogen and oxygen atoms in total. The molecule has 0 saturated carbocycles. The maximum Gasteiger partial charge on any atom is 0.0626 e. The van der Waals surface area contributed by atoms with E-state index in [1.165, 1.54) is 26.1 Å². The Balaban J connectivity index is 2.52. The molecule has 0 bridgehead atoms. The number of ether oxygens (including phenoxy) is 1. The fourth-order valence-corrected chi connectivity index (χ4v) is 2.25. The first-order valence-electron chi connectivity index (χ1n) is 5.44. The molecule has 0 N–H and O–H groups in total. The molecule has 0 spiro atoms. The average Bonchev–Trinajstić information content (AvgIpc) is 2.16. The van der Waals surface area contributed by atoms with Crippen molar-refractivity contribution < 1.29 is 4.74 Å². The third kappa shape index (κ3) is 2.68. The van der Waals surface area contributed by atoms with E-state index in [0.717, 1.165) is 11.8 Å². The Labute approximate surface area is 82.3 Å². The maximum atomic E-state index is 5.53. The van der Waals surface area contributed by atoms with E-state index < -0.39 is 0 Å². The SMILES string of the molecule is CCN1CCC(OC)[C@@H](C(C)C)C1. The number of hydrogen-bond acceptors (Lipinski definition) is 2. The Morgan fingerprint density at radius 2 is 2.15 bits per heavy atom. The minimum absolute atomic E-state index is 0.489. The smallest absolute Gasteiger partial charge is 0.0626 e. The van der Waals surface area contributed by atoms with Crippen molar-refractivity contribution in [1.82, 2.24) is 4.90 Å². The van der Waals surface area contributed by atoms with E-state index >= 15 is 0 Å². The van der Waals surface area contributed by atoms with Crippen molar-refractivity contribution in [2.24, 2.45) is 11.8 Å². The molecule has 2 atom stereocenters. The Bertz CT molecular complexity index is 147. The molecular weight excluding hydrogens is 162 g/mol. The molecule has 1 rings (SSSR count). The van der Waals surface area contributed by atoms with Crippen LogP contribution in [0.2, 0.25) is 0 Å². The minimum atomic E-state index is 0.489. The highest BCUT2D eigenvalue weighted by molar-refractivity contribution is 4.82. The Hall–Kier alpha value is -0.0800. The molecule has 1 unspecified atom stereocenters. The fourth-order valence-electron chi connectivity index (χ4n) is 2.25. The third-order valence-corrected chi connectivity index (χ3v) is 3.28. The molecule has 2 heteroatoms. The second-order valence-electron chi connectivity index (χ2n) is 4.36. The van der Waals surface area contributed by atoms with E-state index in [1.54, 1.807) is 0 Å². The lowest BCUT2D eigenvalue weighted by atomic mass is 9.85. The van der Waals surface area contributed by atoms with Crippen LogP contribution in [0.25, 0.3) is 0 Å². The predicted molar refractivity (Wildman–Crippen MR) is 55.9 cm³/mol. The second kappa shape index (κ2) is 4.97. The fraction of sp³-hybridized carbons (Fsp3) is 1.00. The Morgan fingerprint density at radius 3 is 2.62 bits per heavy atom. The van der Waals surface area contributed by atoms with E-state index in [-0.39, 0.29) is 0 Å². The molecular formula is C11H23NO. The monoisotopic (exact) mass is 185 g/mol. The van der Waals surface area contributed by atoms with Gasteiger partial charge < -0.3 is 9.64 Å². The summed E-state index contributed by atoms with van der Waals surface area (Å²) in [5.74, 6) is 1.46. The van der Waals surface area contributed by atoms with Gasteiger partial charge in [-0.3, -0.25) is 0 Å². The minimum Gasteiger partial charge on any atom is -0.381 e. The summed E-state index contributed by atoms with van der Waals surface area (Å²) in [5, 5.41) is 0. The highest BCUT2D eigenvalue weighted by atomic mass is 16.5. The van der Waals surface area contributed by atoms with E-state index in [0.29, 0.717) is 6.10 Å². The summed E-state index contributed by atoms with van der Waals surface area (Å²) < 4.78 is 5.53. The molecule has 0 aromatic rings. The van der Waals surface area contributed by atoms with E-state index in [4.69, 9.17) is 4.74 Å². The van der Waals surface area contributed by atoms with Gasteiger partial charge in [-0.15, -0.1) is 0 Å². The van der Waals surface area contributed by atoms with Gasteiger partial charge in [-0.25, -0.2) is 0 Å². The van der Waals surface area contributed by atoms with E-state index in [2.05, 4.69) is 25.7 Å². The lowest BCUT2D eigenvalue weighted by Gasteiger charge is -2.39. The van der Waals surface area contributed by atoms with Gasteiger partial charge in [0.05, 0.1) is 6.10 Å². The molecule has 0 aromatic heterocycles. The van der Waals surface area contributed by atoms with Crippen LogP contribution >= 0.6 is 0 Å². The van der Waals surface area contributed by atoms with Gasteiger partial charge in [0.15, 0.2) is 0 Å². The van der Waals surface area contributed by atoms with Gasteiger partial charge in [0.1, 0.15) is 0 Å². The van der Waals surface area contributed by atoms with Crippen molar-refractivity contribution in [3.63, 3.8) is 0 Å². The van der Waals surface area contributed by atoms with Gasteiger partial charge >= 0.3 is 0 Å². The van der Waals surface area contributed by atoms with Crippen LogP contribution in [-0.2, 0) is 4.74 Å². The number of likely N-dealkylation sites (tertiary alicyclic amines) is 1. The standard InChI is InChI=1S/C11H23NO/c1-5-12-7-6-11(13-4)10(8-12)9(2)3/h9-11H,5-8H2,1-4H3/t10-,11?/m1/s1. The number of rotatable bonds is 3. The van der Waals surface area contributed by atoms with Crippen molar-refractivity contribution in [2.45, 2.75) is 33.3 Å².